The number of aliphatic hydroxyl groups is 1. The summed E-state index contributed by atoms with van der Waals surface area (Å²) in [5.41, 5.74) is 4.29. The third kappa shape index (κ3) is 3.56. The largest absolute Gasteiger partial charge is 0.396 e. The van der Waals surface area contributed by atoms with Crippen LogP contribution < -0.4 is 0 Å². The SMILES string of the molecule is Cc1cccc(CN(CCCCO)C2CC2)c1C. The van der Waals surface area contributed by atoms with Gasteiger partial charge in [0.2, 0.25) is 0 Å². The smallest absolute Gasteiger partial charge is 0.0431 e. The maximum Gasteiger partial charge on any atom is 0.0431 e. The number of hydrogen-bond donors (Lipinski definition) is 1. The van der Waals surface area contributed by atoms with Crippen LogP contribution in [-0.2, 0) is 6.54 Å². The highest BCUT2D eigenvalue weighted by molar-refractivity contribution is 5.33. The fraction of sp³-hybridized carbons (Fsp3) is 0.625. The van der Waals surface area contributed by atoms with Gasteiger partial charge in [-0.3, -0.25) is 4.90 Å². The van der Waals surface area contributed by atoms with Gasteiger partial charge in [-0.2, -0.15) is 0 Å². The molecule has 0 unspecified atom stereocenters. The highest BCUT2D eigenvalue weighted by atomic mass is 16.2. The van der Waals surface area contributed by atoms with Crippen LogP contribution in [0.1, 0.15) is 42.4 Å². The molecule has 0 spiro atoms. The second-order valence-corrected chi connectivity index (χ2v) is 5.49. The van der Waals surface area contributed by atoms with E-state index >= 15 is 0 Å². The molecule has 1 aliphatic carbocycles. The number of hydrogen-bond acceptors (Lipinski definition) is 2. The van der Waals surface area contributed by atoms with Gasteiger partial charge in [0.05, 0.1) is 0 Å². The minimum absolute atomic E-state index is 0.321. The molecule has 0 radical (unpaired) electrons. The van der Waals surface area contributed by atoms with E-state index in [1.165, 1.54) is 29.5 Å². The zero-order valence-electron chi connectivity index (χ0n) is 11.7. The fourth-order valence-corrected chi connectivity index (χ4v) is 2.46. The summed E-state index contributed by atoms with van der Waals surface area (Å²) in [6.07, 6.45) is 4.74. The van der Waals surface area contributed by atoms with Crippen LogP contribution in [0.15, 0.2) is 18.2 Å². The van der Waals surface area contributed by atoms with E-state index in [9.17, 15) is 0 Å². The zero-order valence-corrected chi connectivity index (χ0v) is 11.7. The lowest BCUT2D eigenvalue weighted by molar-refractivity contribution is 0.228. The monoisotopic (exact) mass is 247 g/mol. The molecule has 1 fully saturated rings. The van der Waals surface area contributed by atoms with Crippen LogP contribution in [0.2, 0.25) is 0 Å². The van der Waals surface area contributed by atoms with Crippen LogP contribution in [0.5, 0.6) is 0 Å². The summed E-state index contributed by atoms with van der Waals surface area (Å²) >= 11 is 0. The van der Waals surface area contributed by atoms with Crippen molar-refractivity contribution in [3.63, 3.8) is 0 Å². The average molecular weight is 247 g/mol. The number of aryl methyl sites for hydroxylation is 1. The van der Waals surface area contributed by atoms with Gasteiger partial charge >= 0.3 is 0 Å². The standard InChI is InChI=1S/C16H25NO/c1-13-6-5-7-15(14(13)2)12-17(16-8-9-16)10-3-4-11-18/h5-7,16,18H,3-4,8-12H2,1-2H3. The van der Waals surface area contributed by atoms with E-state index in [0.717, 1.165) is 32.0 Å². The molecule has 0 amide bonds. The van der Waals surface area contributed by atoms with Crippen molar-refractivity contribution in [2.24, 2.45) is 0 Å². The molecule has 0 bridgehead atoms. The number of unbranched alkanes of at least 4 members (excludes halogenated alkanes) is 1. The second-order valence-electron chi connectivity index (χ2n) is 5.49. The van der Waals surface area contributed by atoms with Crippen molar-refractivity contribution in [2.45, 2.75) is 52.1 Å². The maximum absolute atomic E-state index is 8.89. The first-order valence-electron chi connectivity index (χ1n) is 7.12. The van der Waals surface area contributed by atoms with E-state index < -0.39 is 0 Å². The molecular weight excluding hydrogens is 222 g/mol. The van der Waals surface area contributed by atoms with Gasteiger partial charge in [-0.05, 0) is 62.8 Å². The van der Waals surface area contributed by atoms with Gasteiger partial charge in [0.25, 0.3) is 0 Å². The Morgan fingerprint density at radius 1 is 1.22 bits per heavy atom. The predicted octanol–water partition coefficient (Wildman–Crippen LogP) is 3.04. The van der Waals surface area contributed by atoms with E-state index in [4.69, 9.17) is 5.11 Å². The highest BCUT2D eigenvalue weighted by Crippen LogP contribution is 2.29. The Morgan fingerprint density at radius 3 is 2.67 bits per heavy atom. The summed E-state index contributed by atoms with van der Waals surface area (Å²) < 4.78 is 0. The van der Waals surface area contributed by atoms with Gasteiger partial charge < -0.3 is 5.11 Å². The summed E-state index contributed by atoms with van der Waals surface area (Å²) in [4.78, 5) is 2.59. The lowest BCUT2D eigenvalue weighted by Crippen LogP contribution is -2.27. The van der Waals surface area contributed by atoms with Crippen molar-refractivity contribution in [1.29, 1.82) is 0 Å². The Labute approximate surface area is 111 Å². The van der Waals surface area contributed by atoms with Crippen LogP contribution in [0.3, 0.4) is 0 Å². The molecule has 0 atom stereocenters. The van der Waals surface area contributed by atoms with Crippen molar-refractivity contribution in [3.05, 3.63) is 34.9 Å². The first-order valence-corrected chi connectivity index (χ1v) is 7.12. The Morgan fingerprint density at radius 2 is 2.00 bits per heavy atom. The van der Waals surface area contributed by atoms with Gasteiger partial charge in [-0.25, -0.2) is 0 Å². The molecular formula is C16H25NO. The third-order valence-corrected chi connectivity index (χ3v) is 4.01. The lowest BCUT2D eigenvalue weighted by Gasteiger charge is -2.23. The highest BCUT2D eigenvalue weighted by Gasteiger charge is 2.28. The third-order valence-electron chi connectivity index (χ3n) is 4.01. The molecule has 100 valence electrons. The quantitative estimate of drug-likeness (QED) is 0.749. The minimum atomic E-state index is 0.321. The number of rotatable bonds is 7. The predicted molar refractivity (Wildman–Crippen MR) is 75.7 cm³/mol. The topological polar surface area (TPSA) is 23.5 Å². The summed E-state index contributed by atoms with van der Waals surface area (Å²) in [5, 5.41) is 8.89. The van der Waals surface area contributed by atoms with Crippen LogP contribution in [0.4, 0.5) is 0 Å². The van der Waals surface area contributed by atoms with E-state index in [1.54, 1.807) is 0 Å². The molecule has 18 heavy (non-hydrogen) atoms. The van der Waals surface area contributed by atoms with Crippen LogP contribution in [0, 0.1) is 13.8 Å². The average Bonchev–Trinajstić information content (AvgIpc) is 3.18. The van der Waals surface area contributed by atoms with Crippen molar-refractivity contribution in [2.75, 3.05) is 13.2 Å². The molecule has 0 aliphatic heterocycles. The van der Waals surface area contributed by atoms with E-state index in [0.29, 0.717) is 6.61 Å². The van der Waals surface area contributed by atoms with Gasteiger partial charge in [0.1, 0.15) is 0 Å². The molecule has 1 N–H and O–H groups in total. The summed E-state index contributed by atoms with van der Waals surface area (Å²) in [6.45, 7) is 6.93. The summed E-state index contributed by atoms with van der Waals surface area (Å²) in [6, 6.07) is 7.40. The van der Waals surface area contributed by atoms with Crippen LogP contribution in [-0.4, -0.2) is 29.2 Å². The van der Waals surface area contributed by atoms with E-state index in [1.807, 2.05) is 0 Å². The molecule has 2 nitrogen and oxygen atoms in total. The van der Waals surface area contributed by atoms with Crippen LogP contribution >= 0.6 is 0 Å². The summed E-state index contributed by atoms with van der Waals surface area (Å²) in [5.74, 6) is 0. The molecule has 0 heterocycles. The fourth-order valence-electron chi connectivity index (χ4n) is 2.46. The molecule has 1 aromatic carbocycles. The molecule has 0 saturated heterocycles. The van der Waals surface area contributed by atoms with Crippen molar-refractivity contribution >= 4 is 0 Å². The van der Waals surface area contributed by atoms with Crippen molar-refractivity contribution < 1.29 is 5.11 Å². The Kier molecular flexibility index (Phi) is 4.79. The number of aliphatic hydroxyl groups excluding tert-OH is 1. The van der Waals surface area contributed by atoms with Gasteiger partial charge in [-0.15, -0.1) is 0 Å². The number of benzene rings is 1. The van der Waals surface area contributed by atoms with Crippen molar-refractivity contribution in [1.82, 2.24) is 4.90 Å². The normalized spacial score (nSPS) is 15.3. The Balaban J connectivity index is 1.97. The molecule has 2 heteroatoms. The van der Waals surface area contributed by atoms with Crippen molar-refractivity contribution in [3.8, 4) is 0 Å². The minimum Gasteiger partial charge on any atom is -0.396 e. The van der Waals surface area contributed by atoms with Gasteiger partial charge in [0, 0.05) is 19.2 Å². The van der Waals surface area contributed by atoms with E-state index in [-0.39, 0.29) is 0 Å². The molecule has 1 aliphatic rings. The zero-order chi connectivity index (χ0) is 13.0. The molecule has 0 aromatic heterocycles. The molecule has 1 aromatic rings. The van der Waals surface area contributed by atoms with Gasteiger partial charge in [0.15, 0.2) is 0 Å². The Hall–Kier alpha value is -0.860. The maximum atomic E-state index is 8.89. The van der Waals surface area contributed by atoms with Crippen LogP contribution in [0.25, 0.3) is 0 Å². The first-order chi connectivity index (χ1) is 8.72. The number of nitrogens with zero attached hydrogens (tertiary/aromatic N) is 1. The second kappa shape index (κ2) is 6.35. The molecule has 2 rings (SSSR count). The summed E-state index contributed by atoms with van der Waals surface area (Å²) in [7, 11) is 0. The van der Waals surface area contributed by atoms with Gasteiger partial charge in [-0.1, -0.05) is 18.2 Å². The lowest BCUT2D eigenvalue weighted by atomic mass is 10.0. The first kappa shape index (κ1) is 13.6. The van der Waals surface area contributed by atoms with E-state index in [2.05, 4.69) is 36.9 Å². The Bertz CT molecular complexity index is 385. The molecule has 1 saturated carbocycles.